The molecule has 0 atom stereocenters. The van der Waals surface area contributed by atoms with Crippen LogP contribution in [0.4, 0.5) is 5.13 Å². The van der Waals surface area contributed by atoms with Crippen LogP contribution in [0.3, 0.4) is 0 Å². The summed E-state index contributed by atoms with van der Waals surface area (Å²) < 4.78 is 0. The summed E-state index contributed by atoms with van der Waals surface area (Å²) >= 11 is 7.06. The van der Waals surface area contributed by atoms with Crippen LogP contribution in [0.15, 0.2) is 24.3 Å². The largest absolute Gasteiger partial charge is 0.357 e. The van der Waals surface area contributed by atoms with Gasteiger partial charge in [0, 0.05) is 6.54 Å². The zero-order valence-electron chi connectivity index (χ0n) is 9.20. The molecule has 86 valence electrons. The van der Waals surface area contributed by atoms with Crippen molar-refractivity contribution in [1.29, 1.82) is 5.26 Å². The van der Waals surface area contributed by atoms with Gasteiger partial charge in [-0.2, -0.15) is 5.26 Å². The molecule has 0 spiro atoms. The van der Waals surface area contributed by atoms with Gasteiger partial charge < -0.3 is 5.32 Å². The quantitative estimate of drug-likeness (QED) is 0.921. The second-order valence-electron chi connectivity index (χ2n) is 3.53. The number of aryl methyl sites for hydroxylation is 1. The number of benzene rings is 1. The summed E-state index contributed by atoms with van der Waals surface area (Å²) in [5.41, 5.74) is 2.43. The zero-order chi connectivity index (χ0) is 12.3. The number of rotatable bonds is 3. The van der Waals surface area contributed by atoms with Crippen LogP contribution >= 0.6 is 22.9 Å². The minimum absolute atomic E-state index is 0.268. The molecular formula is C12H10ClN3S. The van der Waals surface area contributed by atoms with Gasteiger partial charge in [-0.05, 0) is 18.1 Å². The Balaban J connectivity index is 2.08. The Labute approximate surface area is 109 Å². The highest BCUT2D eigenvalue weighted by Gasteiger charge is 2.08. The summed E-state index contributed by atoms with van der Waals surface area (Å²) in [7, 11) is 0. The van der Waals surface area contributed by atoms with E-state index in [2.05, 4.69) is 29.4 Å². The van der Waals surface area contributed by atoms with Gasteiger partial charge >= 0.3 is 0 Å². The smallest absolute Gasteiger partial charge is 0.185 e. The van der Waals surface area contributed by atoms with E-state index in [0.717, 1.165) is 0 Å². The van der Waals surface area contributed by atoms with E-state index < -0.39 is 0 Å². The highest BCUT2D eigenvalue weighted by molar-refractivity contribution is 7.16. The van der Waals surface area contributed by atoms with Crippen LogP contribution in [-0.4, -0.2) is 4.98 Å². The lowest BCUT2D eigenvalue weighted by Crippen LogP contribution is -2.00. The maximum atomic E-state index is 8.77. The second kappa shape index (κ2) is 5.17. The van der Waals surface area contributed by atoms with Gasteiger partial charge in [-0.25, -0.2) is 4.98 Å². The molecule has 0 aliphatic heterocycles. The third-order valence-electron chi connectivity index (χ3n) is 2.38. The molecule has 0 aliphatic rings. The summed E-state index contributed by atoms with van der Waals surface area (Å²) in [6.07, 6.45) is 0. The van der Waals surface area contributed by atoms with Gasteiger partial charge in [-0.15, -0.1) is 0 Å². The predicted octanol–water partition coefficient (Wildman–Crippen LogP) is 3.59. The molecule has 3 nitrogen and oxygen atoms in total. The molecule has 17 heavy (non-hydrogen) atoms. The van der Waals surface area contributed by atoms with Gasteiger partial charge in [0.25, 0.3) is 0 Å². The molecule has 0 amide bonds. The fourth-order valence-corrected chi connectivity index (χ4v) is 2.37. The number of hydrogen-bond acceptors (Lipinski definition) is 4. The van der Waals surface area contributed by atoms with E-state index in [1.54, 1.807) is 0 Å². The van der Waals surface area contributed by atoms with Crippen molar-refractivity contribution in [3.05, 3.63) is 45.4 Å². The van der Waals surface area contributed by atoms with E-state index in [9.17, 15) is 0 Å². The third-order valence-corrected chi connectivity index (χ3v) is 3.68. The number of nitrogens with zero attached hydrogens (tertiary/aromatic N) is 2. The minimum Gasteiger partial charge on any atom is -0.357 e. The standard InChI is InChI=1S/C12H10ClN3S/c1-8-4-2-3-5-9(8)7-15-12-16-11(13)10(6-14)17-12/h2-5H,7H2,1H3,(H,15,16). The molecule has 0 saturated heterocycles. The highest BCUT2D eigenvalue weighted by Crippen LogP contribution is 2.26. The lowest BCUT2D eigenvalue weighted by atomic mass is 10.1. The Hall–Kier alpha value is -1.57. The molecule has 0 saturated carbocycles. The van der Waals surface area contributed by atoms with E-state index in [4.69, 9.17) is 16.9 Å². The maximum Gasteiger partial charge on any atom is 0.185 e. The van der Waals surface area contributed by atoms with Crippen molar-refractivity contribution in [2.24, 2.45) is 0 Å². The van der Waals surface area contributed by atoms with Crippen LogP contribution in [0, 0.1) is 18.3 Å². The van der Waals surface area contributed by atoms with Crippen molar-refractivity contribution in [2.45, 2.75) is 13.5 Å². The molecule has 0 unspecified atom stereocenters. The zero-order valence-corrected chi connectivity index (χ0v) is 10.8. The fourth-order valence-electron chi connectivity index (χ4n) is 1.43. The topological polar surface area (TPSA) is 48.7 Å². The first kappa shape index (κ1) is 11.9. The monoisotopic (exact) mass is 263 g/mol. The Morgan fingerprint density at radius 1 is 1.47 bits per heavy atom. The Morgan fingerprint density at radius 3 is 2.88 bits per heavy atom. The number of halogens is 1. The molecular weight excluding hydrogens is 254 g/mol. The summed E-state index contributed by atoms with van der Waals surface area (Å²) in [5.74, 6) is 0. The van der Waals surface area contributed by atoms with E-state index in [0.29, 0.717) is 16.6 Å². The number of nitrogens with one attached hydrogen (secondary N) is 1. The fraction of sp³-hybridized carbons (Fsp3) is 0.167. The predicted molar refractivity (Wildman–Crippen MR) is 70.3 cm³/mol. The SMILES string of the molecule is Cc1ccccc1CNc1nc(Cl)c(C#N)s1. The number of nitriles is 1. The lowest BCUT2D eigenvalue weighted by molar-refractivity contribution is 1.11. The molecule has 2 aromatic rings. The molecule has 0 aliphatic carbocycles. The van der Waals surface area contributed by atoms with Crippen LogP contribution in [-0.2, 0) is 6.54 Å². The number of hydrogen-bond donors (Lipinski definition) is 1. The third kappa shape index (κ3) is 2.76. The molecule has 2 rings (SSSR count). The van der Waals surface area contributed by atoms with Gasteiger partial charge in [-0.3, -0.25) is 0 Å². The highest BCUT2D eigenvalue weighted by atomic mass is 35.5. The summed E-state index contributed by atoms with van der Waals surface area (Å²) in [6.45, 7) is 2.74. The van der Waals surface area contributed by atoms with E-state index in [1.807, 2.05) is 18.2 Å². The van der Waals surface area contributed by atoms with Crippen molar-refractivity contribution in [3.63, 3.8) is 0 Å². The Kier molecular flexibility index (Phi) is 3.62. The minimum atomic E-state index is 0.268. The van der Waals surface area contributed by atoms with Gasteiger partial charge in [0.15, 0.2) is 10.3 Å². The van der Waals surface area contributed by atoms with Crippen molar-refractivity contribution in [2.75, 3.05) is 5.32 Å². The normalized spacial score (nSPS) is 9.94. The molecule has 1 heterocycles. The van der Waals surface area contributed by atoms with Gasteiger partial charge in [0.1, 0.15) is 10.9 Å². The van der Waals surface area contributed by atoms with E-state index in [-0.39, 0.29) is 5.15 Å². The van der Waals surface area contributed by atoms with E-state index in [1.165, 1.54) is 22.5 Å². The maximum absolute atomic E-state index is 8.77. The number of anilines is 1. The second-order valence-corrected chi connectivity index (χ2v) is 4.89. The van der Waals surface area contributed by atoms with E-state index >= 15 is 0 Å². The van der Waals surface area contributed by atoms with Crippen LogP contribution in [0.2, 0.25) is 5.15 Å². The first-order chi connectivity index (χ1) is 8.20. The van der Waals surface area contributed by atoms with Crippen molar-refractivity contribution >= 4 is 28.1 Å². The van der Waals surface area contributed by atoms with Gasteiger partial charge in [0.05, 0.1) is 0 Å². The van der Waals surface area contributed by atoms with Crippen LogP contribution in [0.25, 0.3) is 0 Å². The molecule has 0 fully saturated rings. The number of thiazole rings is 1. The first-order valence-electron chi connectivity index (χ1n) is 5.05. The van der Waals surface area contributed by atoms with Crippen LogP contribution in [0.5, 0.6) is 0 Å². The van der Waals surface area contributed by atoms with Crippen LogP contribution in [0.1, 0.15) is 16.0 Å². The molecule has 0 radical (unpaired) electrons. The van der Waals surface area contributed by atoms with Gasteiger partial charge in [0.2, 0.25) is 0 Å². The van der Waals surface area contributed by atoms with Crippen molar-refractivity contribution in [1.82, 2.24) is 4.98 Å². The van der Waals surface area contributed by atoms with Crippen molar-refractivity contribution in [3.8, 4) is 6.07 Å². The molecule has 1 aromatic carbocycles. The molecule has 1 N–H and O–H groups in total. The van der Waals surface area contributed by atoms with Gasteiger partial charge in [-0.1, -0.05) is 47.2 Å². The first-order valence-corrected chi connectivity index (χ1v) is 6.25. The summed E-state index contributed by atoms with van der Waals surface area (Å²) in [4.78, 5) is 4.52. The summed E-state index contributed by atoms with van der Waals surface area (Å²) in [5, 5.41) is 12.9. The molecule has 5 heteroatoms. The Bertz CT molecular complexity index is 571. The average Bonchev–Trinajstić information content (AvgIpc) is 2.69. The average molecular weight is 264 g/mol. The summed E-state index contributed by atoms with van der Waals surface area (Å²) in [6, 6.07) is 10.1. The lowest BCUT2D eigenvalue weighted by Gasteiger charge is -2.05. The van der Waals surface area contributed by atoms with Crippen molar-refractivity contribution < 1.29 is 0 Å². The number of aromatic nitrogens is 1. The van der Waals surface area contributed by atoms with Crippen LogP contribution < -0.4 is 5.32 Å². The molecule has 1 aromatic heterocycles. The molecule has 0 bridgehead atoms. The Morgan fingerprint density at radius 2 is 2.24 bits per heavy atom.